The lowest BCUT2D eigenvalue weighted by Crippen LogP contribution is -2.52. The minimum atomic E-state index is -2.36. The summed E-state index contributed by atoms with van der Waals surface area (Å²) in [6.45, 7) is 1.89. The van der Waals surface area contributed by atoms with E-state index in [4.69, 9.17) is 14.2 Å². The van der Waals surface area contributed by atoms with E-state index in [1.807, 2.05) is 13.0 Å². The molecule has 2 aliphatic heterocycles. The minimum Gasteiger partial charge on any atom is -0.481 e. The van der Waals surface area contributed by atoms with Crippen molar-refractivity contribution in [3.63, 3.8) is 0 Å². The van der Waals surface area contributed by atoms with Gasteiger partial charge in [0, 0.05) is 22.9 Å². The first-order valence-corrected chi connectivity index (χ1v) is 11.7. The molecular formula is C28H21NO8. The summed E-state index contributed by atoms with van der Waals surface area (Å²) in [7, 11) is 0. The molecule has 3 aliphatic rings. The number of carbonyl (C=O) groups excluding carboxylic acids is 3. The molecule has 3 aromatic carbocycles. The highest BCUT2D eigenvalue weighted by atomic mass is 16.7. The summed E-state index contributed by atoms with van der Waals surface area (Å²) < 4.78 is 16.9. The van der Waals surface area contributed by atoms with Crippen LogP contribution in [0.1, 0.15) is 37.9 Å². The second kappa shape index (κ2) is 8.28. The van der Waals surface area contributed by atoms with Crippen molar-refractivity contribution in [3.8, 4) is 11.5 Å². The summed E-state index contributed by atoms with van der Waals surface area (Å²) >= 11 is 0. The minimum absolute atomic E-state index is 0.0486. The fourth-order valence-electron chi connectivity index (χ4n) is 5.49. The average molecular weight is 499 g/mol. The number of ether oxygens (including phenoxy) is 3. The molecule has 0 aromatic heterocycles. The average Bonchev–Trinajstić information content (AvgIpc) is 3.55. The molecule has 1 saturated heterocycles. The summed E-state index contributed by atoms with van der Waals surface area (Å²) in [5.41, 5.74) is -0.519. The fraction of sp³-hybridized carbons (Fsp3) is 0.214. The normalized spacial score (nSPS) is 22.8. The zero-order valence-corrected chi connectivity index (χ0v) is 19.6. The number of carbonyl (C=O) groups is 4. The first-order valence-electron chi connectivity index (χ1n) is 11.7. The lowest BCUT2D eigenvalue weighted by Gasteiger charge is -2.25. The van der Waals surface area contributed by atoms with Gasteiger partial charge in [0.2, 0.25) is 29.9 Å². The van der Waals surface area contributed by atoms with Gasteiger partial charge in [-0.05, 0) is 24.6 Å². The van der Waals surface area contributed by atoms with Gasteiger partial charge in [-0.15, -0.1) is 0 Å². The fourth-order valence-corrected chi connectivity index (χ4v) is 5.49. The van der Waals surface area contributed by atoms with E-state index < -0.39 is 47.0 Å². The molecule has 9 nitrogen and oxygen atoms in total. The first kappa shape index (κ1) is 22.9. The van der Waals surface area contributed by atoms with Crippen LogP contribution in [0.25, 0.3) is 0 Å². The van der Waals surface area contributed by atoms with Crippen LogP contribution >= 0.6 is 0 Å². The Morgan fingerprint density at radius 1 is 0.919 bits per heavy atom. The number of fused-ring (bicyclic) bond motifs is 2. The smallest absolute Gasteiger partial charge is 0.311 e. The molecule has 1 fully saturated rings. The third-order valence-electron chi connectivity index (χ3n) is 7.11. The topological polar surface area (TPSA) is 128 Å². The number of aliphatic carboxylic acids is 1. The Bertz CT molecular complexity index is 1460. The van der Waals surface area contributed by atoms with Gasteiger partial charge >= 0.3 is 5.97 Å². The summed E-state index contributed by atoms with van der Waals surface area (Å²) in [6, 6.07) is 17.9. The molecule has 3 unspecified atom stereocenters. The van der Waals surface area contributed by atoms with E-state index in [1.165, 1.54) is 12.1 Å². The number of carboxylic acids is 1. The maximum atomic E-state index is 13.8. The lowest BCUT2D eigenvalue weighted by molar-refractivity contribution is -0.147. The lowest BCUT2D eigenvalue weighted by atomic mass is 9.75. The van der Waals surface area contributed by atoms with Gasteiger partial charge in [-0.3, -0.25) is 19.2 Å². The van der Waals surface area contributed by atoms with E-state index >= 15 is 0 Å². The third kappa shape index (κ3) is 3.35. The van der Waals surface area contributed by atoms with E-state index in [-0.39, 0.29) is 17.9 Å². The molecule has 1 aliphatic carbocycles. The molecular weight excluding hydrogens is 478 g/mol. The van der Waals surface area contributed by atoms with Gasteiger partial charge in [0.25, 0.3) is 0 Å². The Kier molecular flexibility index (Phi) is 5.13. The zero-order chi connectivity index (χ0) is 25.9. The quantitative estimate of drug-likeness (QED) is 0.522. The maximum Gasteiger partial charge on any atom is 0.311 e. The Balaban J connectivity index is 1.46. The molecule has 0 bridgehead atoms. The van der Waals surface area contributed by atoms with Crippen LogP contribution in [0.5, 0.6) is 11.5 Å². The van der Waals surface area contributed by atoms with Crippen LogP contribution < -0.4 is 14.8 Å². The molecule has 186 valence electrons. The van der Waals surface area contributed by atoms with Crippen molar-refractivity contribution < 1.29 is 38.5 Å². The van der Waals surface area contributed by atoms with E-state index in [2.05, 4.69) is 5.32 Å². The molecule has 1 spiro atoms. The number of Topliss-reactive ketones (excluding diaryl/α,β-unsaturated/α-hetero) is 2. The third-order valence-corrected chi connectivity index (χ3v) is 7.11. The van der Waals surface area contributed by atoms with Gasteiger partial charge in [0.05, 0.1) is 12.0 Å². The predicted octanol–water partition coefficient (Wildman–Crippen LogP) is 3.57. The monoisotopic (exact) mass is 499 g/mol. The van der Waals surface area contributed by atoms with E-state index in [1.54, 1.807) is 48.5 Å². The van der Waals surface area contributed by atoms with Crippen molar-refractivity contribution in [2.45, 2.75) is 18.6 Å². The van der Waals surface area contributed by atoms with Crippen molar-refractivity contribution in [1.82, 2.24) is 0 Å². The first-order chi connectivity index (χ1) is 17.8. The molecule has 2 heterocycles. The Labute approximate surface area is 211 Å². The van der Waals surface area contributed by atoms with Crippen LogP contribution in [-0.2, 0) is 14.3 Å². The maximum absolute atomic E-state index is 13.8. The highest BCUT2D eigenvalue weighted by Crippen LogP contribution is 2.54. The highest BCUT2D eigenvalue weighted by molar-refractivity contribution is 6.34. The van der Waals surface area contributed by atoms with Crippen LogP contribution in [0.2, 0.25) is 0 Å². The summed E-state index contributed by atoms with van der Waals surface area (Å²) in [5.74, 6) is -5.90. The van der Waals surface area contributed by atoms with Crippen LogP contribution in [0.3, 0.4) is 0 Å². The summed E-state index contributed by atoms with van der Waals surface area (Å²) in [6.07, 6.45) is -1.17. The van der Waals surface area contributed by atoms with Crippen molar-refractivity contribution in [2.24, 2.45) is 11.8 Å². The van der Waals surface area contributed by atoms with Gasteiger partial charge in [0.1, 0.15) is 5.92 Å². The number of rotatable bonds is 4. The van der Waals surface area contributed by atoms with E-state index in [0.717, 1.165) is 5.56 Å². The van der Waals surface area contributed by atoms with Crippen LogP contribution in [0, 0.1) is 18.8 Å². The summed E-state index contributed by atoms with van der Waals surface area (Å²) in [5, 5.41) is 13.1. The van der Waals surface area contributed by atoms with Crippen molar-refractivity contribution >= 4 is 29.1 Å². The molecule has 6 rings (SSSR count). The molecule has 0 saturated carbocycles. The van der Waals surface area contributed by atoms with Crippen LogP contribution in [-0.4, -0.2) is 40.9 Å². The number of hydrogen-bond donors (Lipinski definition) is 2. The van der Waals surface area contributed by atoms with Crippen LogP contribution in [0.15, 0.2) is 66.7 Å². The number of amides is 1. The molecule has 0 radical (unpaired) electrons. The second-order valence-electron chi connectivity index (χ2n) is 9.29. The standard InChI is InChI=1S/C28H21NO8/c1-14-5-4-6-15(11-14)23-21(26(32)29-16-9-10-19-20(12-16)36-13-35-19)22(27(33)34)28(37-23)24(30)17-7-2-3-8-18(17)25(28)31/h2-12,21-23H,13H2,1H3,(H,29,32)(H,33,34). The molecule has 2 N–H and O–H groups in total. The molecule has 9 heteroatoms. The van der Waals surface area contributed by atoms with Crippen molar-refractivity contribution in [3.05, 3.63) is 89.0 Å². The predicted molar refractivity (Wildman–Crippen MR) is 129 cm³/mol. The number of ketones is 2. The molecule has 37 heavy (non-hydrogen) atoms. The van der Waals surface area contributed by atoms with Crippen LogP contribution in [0.4, 0.5) is 5.69 Å². The van der Waals surface area contributed by atoms with E-state index in [0.29, 0.717) is 22.7 Å². The highest BCUT2D eigenvalue weighted by Gasteiger charge is 2.71. The number of anilines is 1. The number of hydrogen-bond acceptors (Lipinski definition) is 7. The molecule has 1 amide bonds. The largest absolute Gasteiger partial charge is 0.481 e. The SMILES string of the molecule is Cc1cccc(C2OC3(C(=O)c4ccccc4C3=O)C(C(=O)O)C2C(=O)Nc2ccc3c(c2)OCO3)c1. The number of carboxylic acid groups (broad SMARTS) is 1. The second-order valence-corrected chi connectivity index (χ2v) is 9.29. The van der Waals surface area contributed by atoms with Gasteiger partial charge < -0.3 is 24.6 Å². The zero-order valence-electron chi connectivity index (χ0n) is 19.6. The Hall–Kier alpha value is -4.50. The number of nitrogens with one attached hydrogen (secondary N) is 1. The molecule has 3 atom stereocenters. The molecule has 3 aromatic rings. The Morgan fingerprint density at radius 3 is 2.30 bits per heavy atom. The summed E-state index contributed by atoms with van der Waals surface area (Å²) in [4.78, 5) is 53.9. The Morgan fingerprint density at radius 2 is 1.62 bits per heavy atom. The number of aryl methyl sites for hydroxylation is 1. The van der Waals surface area contributed by atoms with Crippen molar-refractivity contribution in [1.29, 1.82) is 0 Å². The number of benzene rings is 3. The van der Waals surface area contributed by atoms with Gasteiger partial charge in [-0.25, -0.2) is 0 Å². The van der Waals surface area contributed by atoms with Gasteiger partial charge in [-0.2, -0.15) is 0 Å². The van der Waals surface area contributed by atoms with Gasteiger partial charge in [0.15, 0.2) is 11.5 Å². The van der Waals surface area contributed by atoms with E-state index in [9.17, 15) is 24.3 Å². The van der Waals surface area contributed by atoms with Crippen molar-refractivity contribution in [2.75, 3.05) is 12.1 Å². The van der Waals surface area contributed by atoms with Gasteiger partial charge in [-0.1, -0.05) is 54.1 Å².